The third-order valence-electron chi connectivity index (χ3n) is 7.73. The first kappa shape index (κ1) is 23.2. The Hall–Kier alpha value is -4.21. The monoisotopic (exact) mass is 500 g/mol. The van der Waals surface area contributed by atoms with E-state index in [0.29, 0.717) is 38.3 Å². The molecule has 2 atom stereocenters. The topological polar surface area (TPSA) is 101 Å². The minimum Gasteiger partial charge on any atom is -0.494 e. The molecule has 0 unspecified atom stereocenters. The second kappa shape index (κ2) is 9.02. The molecule has 0 aliphatic carbocycles. The van der Waals surface area contributed by atoms with E-state index in [0.717, 1.165) is 16.8 Å². The van der Waals surface area contributed by atoms with Gasteiger partial charge >= 0.3 is 0 Å². The first-order valence-corrected chi connectivity index (χ1v) is 12.5. The van der Waals surface area contributed by atoms with E-state index in [1.807, 2.05) is 48.5 Å². The predicted octanol–water partition coefficient (Wildman–Crippen LogP) is 1.78. The lowest BCUT2D eigenvalue weighted by atomic mass is 9.72. The smallest absolute Gasteiger partial charge is 0.243 e. The van der Waals surface area contributed by atoms with E-state index in [2.05, 4.69) is 10.2 Å². The molecule has 4 bridgehead atoms. The van der Waals surface area contributed by atoms with Gasteiger partial charge < -0.3 is 24.0 Å². The maximum Gasteiger partial charge on any atom is 0.243 e. The van der Waals surface area contributed by atoms with E-state index in [-0.39, 0.29) is 30.8 Å². The van der Waals surface area contributed by atoms with Crippen LogP contribution < -0.4 is 9.64 Å². The van der Waals surface area contributed by atoms with Gasteiger partial charge in [-0.25, -0.2) is 0 Å². The molecule has 10 heteroatoms. The van der Waals surface area contributed by atoms with Crippen molar-refractivity contribution >= 4 is 23.4 Å². The Labute approximate surface area is 214 Å². The number of carbonyl (C=O) groups excluding carboxylic acids is 3. The van der Waals surface area contributed by atoms with Crippen molar-refractivity contribution in [1.29, 1.82) is 0 Å². The fraction of sp³-hybridized carbons (Fsp3) is 0.370. The molecule has 1 spiro atoms. The van der Waals surface area contributed by atoms with Gasteiger partial charge in [0.25, 0.3) is 0 Å². The highest BCUT2D eigenvalue weighted by molar-refractivity contribution is 6.12. The van der Waals surface area contributed by atoms with Crippen molar-refractivity contribution < 1.29 is 19.1 Å². The highest BCUT2D eigenvalue weighted by Crippen LogP contribution is 2.56. The Kier molecular flexibility index (Phi) is 5.66. The van der Waals surface area contributed by atoms with Gasteiger partial charge in [-0.15, -0.1) is 10.2 Å². The van der Waals surface area contributed by atoms with Crippen LogP contribution in [0.4, 0.5) is 5.69 Å². The molecule has 1 aromatic heterocycles. The Morgan fingerprint density at radius 3 is 2.73 bits per heavy atom. The molecule has 190 valence electrons. The SMILES string of the molecule is CN1CCCOc2cccc(c2)[C@@H]2N(C(=O)Cn3cnnc3)CC[C@]23C(=O)N(CC1=O)c1ccccc13. The highest BCUT2D eigenvalue weighted by atomic mass is 16.5. The van der Waals surface area contributed by atoms with Gasteiger partial charge in [-0.2, -0.15) is 0 Å². The molecule has 3 aliphatic heterocycles. The predicted molar refractivity (Wildman–Crippen MR) is 134 cm³/mol. The van der Waals surface area contributed by atoms with Crippen molar-refractivity contribution in [2.75, 3.05) is 38.2 Å². The molecule has 3 aliphatic rings. The number of ether oxygens (including phenoxy) is 1. The van der Waals surface area contributed by atoms with Crippen LogP contribution in [0.2, 0.25) is 0 Å². The molecule has 10 nitrogen and oxygen atoms in total. The van der Waals surface area contributed by atoms with Gasteiger partial charge in [0.15, 0.2) is 0 Å². The number of fused-ring (bicyclic) bond motifs is 6. The van der Waals surface area contributed by atoms with Gasteiger partial charge in [-0.1, -0.05) is 30.3 Å². The van der Waals surface area contributed by atoms with Crippen molar-refractivity contribution in [2.24, 2.45) is 0 Å². The molecule has 1 fully saturated rings. The molecule has 6 rings (SSSR count). The summed E-state index contributed by atoms with van der Waals surface area (Å²) < 4.78 is 7.65. The standard InChI is InChI=1S/C27H28N6O4/c1-30-11-5-13-37-20-7-4-6-19(14-20)25-27(10-12-32(25)24(35)15-31-17-28-29-18-31)21-8-2-3-9-22(21)33(26(27)36)16-23(30)34/h2-4,6-9,14,17-18,25H,5,10-13,15-16H2,1H3/t25-,27+/m0/s1. The molecule has 0 saturated carbocycles. The van der Waals surface area contributed by atoms with Crippen LogP contribution in [0.1, 0.15) is 30.0 Å². The van der Waals surface area contributed by atoms with Gasteiger partial charge in [0.05, 0.1) is 12.6 Å². The molecular formula is C27H28N6O4. The number of anilines is 1. The summed E-state index contributed by atoms with van der Waals surface area (Å²) in [6.07, 6.45) is 4.12. The van der Waals surface area contributed by atoms with Crippen LogP contribution >= 0.6 is 0 Å². The van der Waals surface area contributed by atoms with Crippen LogP contribution in [0, 0.1) is 0 Å². The minimum absolute atomic E-state index is 0.0453. The average Bonchev–Trinajstić information content (AvgIpc) is 3.62. The number of likely N-dealkylation sites (N-methyl/N-ethyl adjacent to an activating group) is 1. The van der Waals surface area contributed by atoms with Crippen LogP contribution in [0.15, 0.2) is 61.2 Å². The maximum atomic E-state index is 14.4. The lowest BCUT2D eigenvalue weighted by molar-refractivity contribution is -0.135. The van der Waals surface area contributed by atoms with Crippen molar-refractivity contribution in [2.45, 2.75) is 30.8 Å². The number of hydrogen-bond acceptors (Lipinski definition) is 6. The van der Waals surface area contributed by atoms with Gasteiger partial charge in [-0.05, 0) is 42.2 Å². The number of rotatable bonds is 2. The fourth-order valence-corrected chi connectivity index (χ4v) is 5.97. The number of para-hydroxylation sites is 1. The number of amides is 3. The van der Waals surface area contributed by atoms with Gasteiger partial charge in [0, 0.05) is 25.8 Å². The number of likely N-dealkylation sites (tertiary alicyclic amines) is 1. The van der Waals surface area contributed by atoms with Crippen molar-refractivity contribution in [1.82, 2.24) is 24.6 Å². The largest absolute Gasteiger partial charge is 0.494 e. The van der Waals surface area contributed by atoms with E-state index in [1.165, 1.54) is 12.7 Å². The Morgan fingerprint density at radius 1 is 1.08 bits per heavy atom. The number of benzene rings is 2. The first-order chi connectivity index (χ1) is 18.0. The third-order valence-corrected chi connectivity index (χ3v) is 7.73. The lowest BCUT2D eigenvalue weighted by Crippen LogP contribution is -2.48. The summed E-state index contributed by atoms with van der Waals surface area (Å²) in [6.45, 7) is 1.41. The lowest BCUT2D eigenvalue weighted by Gasteiger charge is -2.35. The van der Waals surface area contributed by atoms with E-state index in [1.54, 1.807) is 26.3 Å². The van der Waals surface area contributed by atoms with Crippen molar-refractivity contribution in [3.63, 3.8) is 0 Å². The summed E-state index contributed by atoms with van der Waals surface area (Å²) in [5, 5.41) is 7.62. The Balaban J connectivity index is 1.51. The van der Waals surface area contributed by atoms with Crippen molar-refractivity contribution in [3.8, 4) is 5.75 Å². The van der Waals surface area contributed by atoms with Gasteiger partial charge in [-0.3, -0.25) is 14.4 Å². The highest BCUT2D eigenvalue weighted by Gasteiger charge is 2.61. The third kappa shape index (κ3) is 3.75. The summed E-state index contributed by atoms with van der Waals surface area (Å²) in [5.74, 6) is 0.260. The quantitative estimate of drug-likeness (QED) is 0.532. The number of nitrogens with zero attached hydrogens (tertiary/aromatic N) is 6. The molecule has 2 aromatic carbocycles. The first-order valence-electron chi connectivity index (χ1n) is 12.5. The zero-order chi connectivity index (χ0) is 25.6. The molecule has 37 heavy (non-hydrogen) atoms. The van der Waals surface area contributed by atoms with Crippen LogP contribution in [0.25, 0.3) is 0 Å². The molecule has 3 amide bonds. The van der Waals surface area contributed by atoms with Gasteiger partial charge in [0.1, 0.15) is 36.9 Å². The number of hydrogen-bond donors (Lipinski definition) is 0. The molecule has 1 saturated heterocycles. The normalized spacial score (nSPS) is 23.4. The maximum absolute atomic E-state index is 14.4. The zero-order valence-electron chi connectivity index (χ0n) is 20.6. The van der Waals surface area contributed by atoms with Gasteiger partial charge in [0.2, 0.25) is 17.7 Å². The summed E-state index contributed by atoms with van der Waals surface area (Å²) in [4.78, 5) is 46.3. The van der Waals surface area contributed by atoms with E-state index < -0.39 is 11.5 Å². The van der Waals surface area contributed by atoms with Crippen LogP contribution in [0.3, 0.4) is 0 Å². The molecule has 0 radical (unpaired) electrons. The van der Waals surface area contributed by atoms with E-state index >= 15 is 0 Å². The molecule has 0 N–H and O–H groups in total. The van der Waals surface area contributed by atoms with E-state index in [9.17, 15) is 14.4 Å². The summed E-state index contributed by atoms with van der Waals surface area (Å²) in [6, 6.07) is 14.8. The second-order valence-electron chi connectivity index (χ2n) is 9.84. The minimum atomic E-state index is -1.01. The Morgan fingerprint density at radius 2 is 1.89 bits per heavy atom. The Bertz CT molecular complexity index is 1360. The molecular weight excluding hydrogens is 472 g/mol. The van der Waals surface area contributed by atoms with E-state index in [4.69, 9.17) is 4.74 Å². The average molecular weight is 501 g/mol. The second-order valence-corrected chi connectivity index (χ2v) is 9.84. The number of aromatic nitrogens is 3. The summed E-state index contributed by atoms with van der Waals surface area (Å²) in [7, 11) is 1.75. The number of carbonyl (C=O) groups is 3. The fourth-order valence-electron chi connectivity index (χ4n) is 5.97. The molecule has 4 heterocycles. The zero-order valence-corrected chi connectivity index (χ0v) is 20.6. The molecule has 3 aromatic rings. The van der Waals surface area contributed by atoms with Crippen LogP contribution in [-0.2, 0) is 26.3 Å². The summed E-state index contributed by atoms with van der Waals surface area (Å²) >= 11 is 0. The van der Waals surface area contributed by atoms with Crippen LogP contribution in [-0.4, -0.2) is 75.6 Å². The van der Waals surface area contributed by atoms with Crippen molar-refractivity contribution in [3.05, 3.63) is 72.3 Å². The van der Waals surface area contributed by atoms with Crippen LogP contribution in [0.5, 0.6) is 5.75 Å². The summed E-state index contributed by atoms with van der Waals surface area (Å²) in [5.41, 5.74) is 1.40.